The van der Waals surface area contributed by atoms with E-state index in [1.54, 1.807) is 0 Å². The van der Waals surface area contributed by atoms with Crippen LogP contribution in [0.4, 0.5) is 0 Å². The lowest BCUT2D eigenvalue weighted by Gasteiger charge is -2.22. The SMILES string of the molecule is c1ccc(-c2nc(-c3cccc4ccccc34)cc(-c3ccc(-c4ccc5c(c4)Oc4cccc6cccc-5c46)c4ccccc34)n2)cc1. The van der Waals surface area contributed by atoms with Crippen molar-refractivity contribution in [3.8, 4) is 67.7 Å². The Bertz CT molecular complexity index is 2740. The Balaban J connectivity index is 1.15. The van der Waals surface area contributed by atoms with Crippen molar-refractivity contribution in [1.29, 1.82) is 0 Å². The predicted octanol–water partition coefficient (Wildman–Crippen LogP) is 12.4. The van der Waals surface area contributed by atoms with Gasteiger partial charge >= 0.3 is 0 Å². The topological polar surface area (TPSA) is 35.0 Å². The molecule has 0 fully saturated rings. The smallest absolute Gasteiger partial charge is 0.160 e. The number of nitrogens with zero attached hydrogens (tertiary/aromatic N) is 2. The molecule has 49 heavy (non-hydrogen) atoms. The highest BCUT2D eigenvalue weighted by Gasteiger charge is 2.21. The number of fused-ring (bicyclic) bond motifs is 4. The molecule has 9 aromatic rings. The van der Waals surface area contributed by atoms with E-state index in [0.29, 0.717) is 5.82 Å². The van der Waals surface area contributed by atoms with Crippen LogP contribution in [-0.4, -0.2) is 9.97 Å². The van der Waals surface area contributed by atoms with Crippen molar-refractivity contribution in [3.63, 3.8) is 0 Å². The fourth-order valence-corrected chi connectivity index (χ4v) is 7.39. The molecule has 1 aromatic heterocycles. The van der Waals surface area contributed by atoms with Gasteiger partial charge in [0.25, 0.3) is 0 Å². The lowest BCUT2D eigenvalue weighted by atomic mass is 9.90. The molecule has 0 saturated heterocycles. The van der Waals surface area contributed by atoms with Gasteiger partial charge in [-0.15, -0.1) is 0 Å². The van der Waals surface area contributed by atoms with Crippen LogP contribution in [0.5, 0.6) is 11.5 Å². The molecule has 0 N–H and O–H groups in total. The molecule has 228 valence electrons. The standard InChI is InChI=1S/C46H28N2O/c1-2-12-31(13-3-1)46-47-41(37-20-8-14-29-11-4-5-17-33(29)37)28-42(48-46)38-26-25-34(35-18-6-7-19-36(35)38)32-23-24-39-40-21-9-15-30-16-10-22-43(45(30)40)49-44(39)27-32/h1-28H. The Labute approximate surface area is 283 Å². The van der Waals surface area contributed by atoms with E-state index in [0.717, 1.165) is 67.0 Å². The summed E-state index contributed by atoms with van der Waals surface area (Å²) in [7, 11) is 0. The van der Waals surface area contributed by atoms with Crippen LogP contribution in [0.3, 0.4) is 0 Å². The van der Waals surface area contributed by atoms with E-state index in [1.807, 2.05) is 18.2 Å². The minimum Gasteiger partial charge on any atom is -0.456 e. The molecule has 0 atom stereocenters. The summed E-state index contributed by atoms with van der Waals surface area (Å²) in [6.45, 7) is 0. The zero-order valence-corrected chi connectivity index (χ0v) is 26.5. The van der Waals surface area contributed by atoms with Crippen molar-refractivity contribution in [3.05, 3.63) is 170 Å². The summed E-state index contributed by atoms with van der Waals surface area (Å²) in [4.78, 5) is 10.3. The van der Waals surface area contributed by atoms with Crippen molar-refractivity contribution < 1.29 is 4.74 Å². The highest BCUT2D eigenvalue weighted by atomic mass is 16.5. The Kier molecular flexibility index (Phi) is 6.18. The van der Waals surface area contributed by atoms with Crippen molar-refractivity contribution in [2.24, 2.45) is 0 Å². The third kappa shape index (κ3) is 4.51. The normalized spacial score (nSPS) is 11.8. The molecule has 2 heterocycles. The largest absolute Gasteiger partial charge is 0.456 e. The first-order valence-electron chi connectivity index (χ1n) is 16.6. The zero-order chi connectivity index (χ0) is 32.3. The molecular formula is C46H28N2O. The van der Waals surface area contributed by atoms with Gasteiger partial charge in [0, 0.05) is 27.6 Å². The molecular weight excluding hydrogens is 597 g/mol. The summed E-state index contributed by atoms with van der Waals surface area (Å²) in [6.07, 6.45) is 0. The maximum atomic E-state index is 6.54. The molecule has 0 unspecified atom stereocenters. The van der Waals surface area contributed by atoms with Crippen LogP contribution >= 0.6 is 0 Å². The summed E-state index contributed by atoms with van der Waals surface area (Å²) in [5.74, 6) is 2.48. The van der Waals surface area contributed by atoms with Crippen LogP contribution in [0.1, 0.15) is 0 Å². The molecule has 1 aliphatic rings. The lowest BCUT2D eigenvalue weighted by molar-refractivity contribution is 0.487. The van der Waals surface area contributed by atoms with Gasteiger partial charge < -0.3 is 4.74 Å². The quantitative estimate of drug-likeness (QED) is 0.195. The summed E-state index contributed by atoms with van der Waals surface area (Å²) in [5, 5.41) is 7.01. The fourth-order valence-electron chi connectivity index (χ4n) is 7.39. The Morgan fingerprint density at radius 3 is 1.76 bits per heavy atom. The van der Waals surface area contributed by atoms with E-state index in [9.17, 15) is 0 Å². The number of aromatic nitrogens is 2. The first-order valence-corrected chi connectivity index (χ1v) is 16.6. The van der Waals surface area contributed by atoms with E-state index < -0.39 is 0 Å². The molecule has 10 rings (SSSR count). The average molecular weight is 625 g/mol. The van der Waals surface area contributed by atoms with E-state index in [-0.39, 0.29) is 0 Å². The number of benzene rings is 8. The molecule has 0 radical (unpaired) electrons. The van der Waals surface area contributed by atoms with Crippen LogP contribution in [0.25, 0.3) is 88.5 Å². The summed E-state index contributed by atoms with van der Waals surface area (Å²) in [5.41, 5.74) is 9.51. The third-order valence-corrected chi connectivity index (χ3v) is 9.69. The van der Waals surface area contributed by atoms with E-state index >= 15 is 0 Å². The van der Waals surface area contributed by atoms with Crippen molar-refractivity contribution in [2.45, 2.75) is 0 Å². The second-order valence-electron chi connectivity index (χ2n) is 12.5. The predicted molar refractivity (Wildman–Crippen MR) is 202 cm³/mol. The van der Waals surface area contributed by atoms with Gasteiger partial charge in [0.2, 0.25) is 0 Å². The summed E-state index contributed by atoms with van der Waals surface area (Å²) in [6, 6.07) is 59.6. The Morgan fingerprint density at radius 2 is 0.939 bits per heavy atom. The maximum absolute atomic E-state index is 6.54. The molecule has 0 bridgehead atoms. The summed E-state index contributed by atoms with van der Waals surface area (Å²) < 4.78 is 6.54. The number of hydrogen-bond donors (Lipinski definition) is 0. The van der Waals surface area contributed by atoms with Gasteiger partial charge in [0.05, 0.1) is 11.4 Å². The second kappa shape index (κ2) is 11.0. The van der Waals surface area contributed by atoms with Gasteiger partial charge in [-0.05, 0) is 67.9 Å². The first-order chi connectivity index (χ1) is 24.3. The Morgan fingerprint density at radius 1 is 0.347 bits per heavy atom. The van der Waals surface area contributed by atoms with Gasteiger partial charge in [-0.1, -0.05) is 146 Å². The highest BCUT2D eigenvalue weighted by molar-refractivity contribution is 6.07. The van der Waals surface area contributed by atoms with Crippen LogP contribution < -0.4 is 4.74 Å². The monoisotopic (exact) mass is 624 g/mol. The molecule has 0 saturated carbocycles. The van der Waals surface area contributed by atoms with Crippen LogP contribution in [0.2, 0.25) is 0 Å². The number of rotatable bonds is 4. The van der Waals surface area contributed by atoms with Gasteiger partial charge in [0.1, 0.15) is 11.5 Å². The molecule has 3 nitrogen and oxygen atoms in total. The molecule has 1 aliphatic heterocycles. The first kappa shape index (κ1) is 27.5. The second-order valence-corrected chi connectivity index (χ2v) is 12.5. The third-order valence-electron chi connectivity index (χ3n) is 9.69. The van der Waals surface area contributed by atoms with Crippen LogP contribution in [0.15, 0.2) is 170 Å². The van der Waals surface area contributed by atoms with Crippen molar-refractivity contribution in [1.82, 2.24) is 9.97 Å². The molecule has 3 heteroatoms. The minimum absolute atomic E-state index is 0.705. The molecule has 0 spiro atoms. The average Bonchev–Trinajstić information content (AvgIpc) is 3.17. The van der Waals surface area contributed by atoms with Gasteiger partial charge in [-0.3, -0.25) is 0 Å². The fraction of sp³-hybridized carbons (Fsp3) is 0. The van der Waals surface area contributed by atoms with Gasteiger partial charge in [-0.25, -0.2) is 9.97 Å². The molecule has 0 aliphatic carbocycles. The number of ether oxygens (including phenoxy) is 1. The molecule has 0 amide bonds. The highest BCUT2D eigenvalue weighted by Crippen LogP contribution is 2.48. The number of hydrogen-bond acceptors (Lipinski definition) is 3. The lowest BCUT2D eigenvalue weighted by Crippen LogP contribution is -1.98. The zero-order valence-electron chi connectivity index (χ0n) is 26.5. The van der Waals surface area contributed by atoms with Crippen molar-refractivity contribution >= 4 is 32.3 Å². The van der Waals surface area contributed by atoms with Gasteiger partial charge in [0.15, 0.2) is 5.82 Å². The van der Waals surface area contributed by atoms with E-state index in [4.69, 9.17) is 14.7 Å². The van der Waals surface area contributed by atoms with Crippen molar-refractivity contribution in [2.75, 3.05) is 0 Å². The Hall–Kier alpha value is -6.58. The summed E-state index contributed by atoms with van der Waals surface area (Å²) >= 11 is 0. The van der Waals surface area contributed by atoms with E-state index in [1.165, 1.54) is 27.1 Å². The van der Waals surface area contributed by atoms with Crippen LogP contribution in [-0.2, 0) is 0 Å². The van der Waals surface area contributed by atoms with Crippen LogP contribution in [0, 0.1) is 0 Å². The molecule has 8 aromatic carbocycles. The minimum atomic E-state index is 0.705. The van der Waals surface area contributed by atoms with Gasteiger partial charge in [-0.2, -0.15) is 0 Å². The van der Waals surface area contributed by atoms with E-state index in [2.05, 4.69) is 152 Å². The maximum Gasteiger partial charge on any atom is 0.160 e.